The highest BCUT2D eigenvalue weighted by atomic mass is 32.2. The number of carboxylic acid groups (broad SMARTS) is 1. The molecule has 0 aliphatic carbocycles. The molecular formula is C13H18FNO2S. The van der Waals surface area contributed by atoms with Gasteiger partial charge in [0.1, 0.15) is 5.82 Å². The lowest BCUT2D eigenvalue weighted by atomic mass is 10.1. The molecule has 2 N–H and O–H groups in total. The Morgan fingerprint density at radius 1 is 1.56 bits per heavy atom. The van der Waals surface area contributed by atoms with Crippen LogP contribution in [0.25, 0.3) is 0 Å². The van der Waals surface area contributed by atoms with Crippen LogP contribution in [-0.4, -0.2) is 29.1 Å². The first-order chi connectivity index (χ1) is 8.54. The summed E-state index contributed by atoms with van der Waals surface area (Å²) < 4.78 is 13.4. The number of rotatable bonds is 7. The summed E-state index contributed by atoms with van der Waals surface area (Å²) in [6, 6.07) is 4.58. The van der Waals surface area contributed by atoms with Crippen molar-refractivity contribution in [1.29, 1.82) is 0 Å². The third-order valence-corrected chi connectivity index (χ3v) is 3.32. The maximum absolute atomic E-state index is 13.4. The summed E-state index contributed by atoms with van der Waals surface area (Å²) in [5.74, 6) is -0.834. The van der Waals surface area contributed by atoms with Crippen molar-refractivity contribution < 1.29 is 14.3 Å². The van der Waals surface area contributed by atoms with Crippen LogP contribution in [0.5, 0.6) is 0 Å². The highest BCUT2D eigenvalue weighted by molar-refractivity contribution is 7.98. The molecule has 0 spiro atoms. The van der Waals surface area contributed by atoms with Crippen LogP contribution >= 0.6 is 11.8 Å². The molecule has 5 heteroatoms. The second-order valence-corrected chi connectivity index (χ2v) is 5.17. The van der Waals surface area contributed by atoms with Gasteiger partial charge in [-0.1, -0.05) is 6.07 Å². The van der Waals surface area contributed by atoms with Crippen molar-refractivity contribution in [3.63, 3.8) is 0 Å². The van der Waals surface area contributed by atoms with Gasteiger partial charge in [0.15, 0.2) is 0 Å². The molecule has 1 unspecified atom stereocenters. The molecule has 1 rings (SSSR count). The lowest BCUT2D eigenvalue weighted by molar-refractivity contribution is 0.0692. The normalized spacial score (nSPS) is 12.4. The van der Waals surface area contributed by atoms with E-state index in [1.807, 2.05) is 0 Å². The second-order valence-electron chi connectivity index (χ2n) is 4.18. The Labute approximate surface area is 111 Å². The largest absolute Gasteiger partial charge is 0.478 e. The third kappa shape index (κ3) is 4.66. The molecule has 0 fully saturated rings. The van der Waals surface area contributed by atoms with Gasteiger partial charge in [-0.25, -0.2) is 9.18 Å². The first-order valence-electron chi connectivity index (χ1n) is 5.78. The fraction of sp³-hybridized carbons (Fsp3) is 0.462. The zero-order valence-electron chi connectivity index (χ0n) is 10.6. The van der Waals surface area contributed by atoms with E-state index in [4.69, 9.17) is 5.11 Å². The van der Waals surface area contributed by atoms with Gasteiger partial charge in [0.2, 0.25) is 0 Å². The lowest BCUT2D eigenvalue weighted by Crippen LogP contribution is -2.26. The van der Waals surface area contributed by atoms with Gasteiger partial charge in [-0.15, -0.1) is 0 Å². The van der Waals surface area contributed by atoms with E-state index >= 15 is 0 Å². The fourth-order valence-corrected chi connectivity index (χ4v) is 2.12. The Balaban J connectivity index is 2.53. The standard InChI is InChI=1S/C13H18FNO2S/c1-9(5-6-18-2)15-8-10-3-4-11(13(16)17)12(14)7-10/h3-4,7,9,15H,5-6,8H2,1-2H3,(H,16,17). The molecule has 1 aromatic rings. The molecule has 0 saturated carbocycles. The second kappa shape index (κ2) is 7.38. The monoisotopic (exact) mass is 271 g/mol. The van der Waals surface area contributed by atoms with E-state index in [1.165, 1.54) is 12.1 Å². The molecule has 0 aliphatic rings. The first kappa shape index (κ1) is 15.0. The van der Waals surface area contributed by atoms with Crippen molar-refractivity contribution in [3.8, 4) is 0 Å². The van der Waals surface area contributed by atoms with Crippen molar-refractivity contribution in [2.24, 2.45) is 0 Å². The Bertz CT molecular complexity index is 412. The maximum Gasteiger partial charge on any atom is 0.338 e. The molecule has 0 heterocycles. The summed E-state index contributed by atoms with van der Waals surface area (Å²) in [5, 5.41) is 12.0. The highest BCUT2D eigenvalue weighted by Crippen LogP contribution is 2.11. The summed E-state index contributed by atoms with van der Waals surface area (Å²) in [7, 11) is 0. The first-order valence-corrected chi connectivity index (χ1v) is 7.18. The minimum Gasteiger partial charge on any atom is -0.478 e. The highest BCUT2D eigenvalue weighted by Gasteiger charge is 2.10. The number of nitrogens with one attached hydrogen (secondary N) is 1. The van der Waals surface area contributed by atoms with Crippen LogP contribution in [0.4, 0.5) is 4.39 Å². The SMILES string of the molecule is CSCCC(C)NCc1ccc(C(=O)O)c(F)c1. The van der Waals surface area contributed by atoms with E-state index in [1.54, 1.807) is 17.8 Å². The number of benzene rings is 1. The van der Waals surface area contributed by atoms with Crippen LogP contribution in [0.15, 0.2) is 18.2 Å². The molecule has 18 heavy (non-hydrogen) atoms. The molecule has 100 valence electrons. The van der Waals surface area contributed by atoms with Gasteiger partial charge in [-0.3, -0.25) is 0 Å². The Kier molecular flexibility index (Phi) is 6.15. The van der Waals surface area contributed by atoms with Gasteiger partial charge < -0.3 is 10.4 Å². The number of aromatic carboxylic acids is 1. The van der Waals surface area contributed by atoms with Crippen LogP contribution in [0.3, 0.4) is 0 Å². The molecule has 0 saturated heterocycles. The van der Waals surface area contributed by atoms with E-state index in [2.05, 4.69) is 18.5 Å². The van der Waals surface area contributed by atoms with Crippen LogP contribution in [-0.2, 0) is 6.54 Å². The van der Waals surface area contributed by atoms with Gasteiger partial charge in [0, 0.05) is 12.6 Å². The smallest absolute Gasteiger partial charge is 0.338 e. The number of hydrogen-bond donors (Lipinski definition) is 2. The maximum atomic E-state index is 13.4. The van der Waals surface area contributed by atoms with Crippen LogP contribution < -0.4 is 5.32 Å². The molecule has 1 atom stereocenters. The van der Waals surface area contributed by atoms with Crippen LogP contribution in [0.1, 0.15) is 29.3 Å². The van der Waals surface area contributed by atoms with Gasteiger partial charge in [0.25, 0.3) is 0 Å². The number of carbonyl (C=O) groups is 1. The summed E-state index contributed by atoms with van der Waals surface area (Å²) in [6.45, 7) is 2.63. The Hall–Kier alpha value is -1.07. The topological polar surface area (TPSA) is 49.3 Å². The Morgan fingerprint density at radius 2 is 2.28 bits per heavy atom. The summed E-state index contributed by atoms with van der Waals surface area (Å²) in [4.78, 5) is 10.7. The van der Waals surface area contributed by atoms with Gasteiger partial charge in [-0.2, -0.15) is 11.8 Å². The molecule has 0 amide bonds. The van der Waals surface area contributed by atoms with Crippen molar-refractivity contribution in [2.75, 3.05) is 12.0 Å². The average Bonchev–Trinajstić information content (AvgIpc) is 2.33. The van der Waals surface area contributed by atoms with Crippen molar-refractivity contribution in [1.82, 2.24) is 5.32 Å². The summed E-state index contributed by atoms with van der Waals surface area (Å²) in [6.07, 6.45) is 3.11. The average molecular weight is 271 g/mol. The lowest BCUT2D eigenvalue weighted by Gasteiger charge is -2.13. The molecule has 3 nitrogen and oxygen atoms in total. The minimum atomic E-state index is -1.24. The van der Waals surface area contributed by atoms with Crippen molar-refractivity contribution in [2.45, 2.75) is 25.9 Å². The van der Waals surface area contributed by atoms with E-state index in [0.29, 0.717) is 12.6 Å². The quantitative estimate of drug-likeness (QED) is 0.800. The number of hydrogen-bond acceptors (Lipinski definition) is 3. The summed E-state index contributed by atoms with van der Waals surface area (Å²) in [5.41, 5.74) is 0.475. The van der Waals surface area contributed by atoms with Crippen LogP contribution in [0, 0.1) is 5.82 Å². The van der Waals surface area contributed by atoms with E-state index in [9.17, 15) is 9.18 Å². The third-order valence-electron chi connectivity index (χ3n) is 2.67. The molecule has 0 aliphatic heterocycles. The van der Waals surface area contributed by atoms with E-state index < -0.39 is 11.8 Å². The predicted octanol–water partition coefficient (Wildman–Crippen LogP) is 2.76. The number of carboxylic acids is 1. The number of halogens is 1. The molecule has 1 aromatic carbocycles. The molecular weight excluding hydrogens is 253 g/mol. The van der Waals surface area contributed by atoms with Gasteiger partial charge >= 0.3 is 5.97 Å². The van der Waals surface area contributed by atoms with Crippen molar-refractivity contribution >= 4 is 17.7 Å². The van der Waals surface area contributed by atoms with Gasteiger partial charge in [-0.05, 0) is 43.0 Å². The van der Waals surface area contributed by atoms with Crippen molar-refractivity contribution in [3.05, 3.63) is 35.1 Å². The zero-order chi connectivity index (χ0) is 13.5. The van der Waals surface area contributed by atoms with Crippen LogP contribution in [0.2, 0.25) is 0 Å². The van der Waals surface area contributed by atoms with E-state index in [0.717, 1.165) is 17.7 Å². The molecule has 0 radical (unpaired) electrons. The zero-order valence-corrected chi connectivity index (χ0v) is 11.4. The summed E-state index contributed by atoms with van der Waals surface area (Å²) >= 11 is 1.79. The number of thioether (sulfide) groups is 1. The molecule has 0 aromatic heterocycles. The van der Waals surface area contributed by atoms with Gasteiger partial charge in [0.05, 0.1) is 5.56 Å². The Morgan fingerprint density at radius 3 is 2.83 bits per heavy atom. The minimum absolute atomic E-state index is 0.283. The fourth-order valence-electron chi connectivity index (χ4n) is 1.53. The molecule has 0 bridgehead atoms. The predicted molar refractivity (Wildman–Crippen MR) is 72.7 cm³/mol. The van der Waals surface area contributed by atoms with E-state index in [-0.39, 0.29) is 5.56 Å².